The second-order valence-electron chi connectivity index (χ2n) is 4.22. The third-order valence-electron chi connectivity index (χ3n) is 2.56. The lowest BCUT2D eigenvalue weighted by Gasteiger charge is -2.01. The average Bonchev–Trinajstić information content (AvgIpc) is 2.38. The van der Waals surface area contributed by atoms with Crippen LogP contribution in [0.15, 0.2) is 42.5 Å². The fourth-order valence-corrected chi connectivity index (χ4v) is 1.64. The molecule has 0 atom stereocenters. The van der Waals surface area contributed by atoms with E-state index >= 15 is 0 Å². The molecular formula is C15H14N2O2. The van der Waals surface area contributed by atoms with Gasteiger partial charge < -0.3 is 5.11 Å². The number of rotatable bonds is 3. The van der Waals surface area contributed by atoms with Crippen LogP contribution in [0, 0.1) is 13.8 Å². The fourth-order valence-electron chi connectivity index (χ4n) is 1.64. The molecule has 0 bridgehead atoms. The number of nitrogens with zero attached hydrogens (tertiary/aromatic N) is 2. The average molecular weight is 254 g/mol. The minimum absolute atomic E-state index is 0.156. The highest BCUT2D eigenvalue weighted by molar-refractivity contribution is 6.06. The number of aryl methyl sites for hydroxylation is 2. The predicted molar refractivity (Wildman–Crippen MR) is 72.9 cm³/mol. The first-order valence-electron chi connectivity index (χ1n) is 5.89. The summed E-state index contributed by atoms with van der Waals surface area (Å²) in [5.74, 6) is -0.499. The van der Waals surface area contributed by atoms with Crippen LogP contribution in [0.1, 0.15) is 27.6 Å². The van der Waals surface area contributed by atoms with E-state index in [1.54, 1.807) is 24.3 Å². The van der Waals surface area contributed by atoms with Gasteiger partial charge in [-0.1, -0.05) is 12.1 Å². The molecular weight excluding hydrogens is 240 g/mol. The number of carbonyl (C=O) groups is 1. The van der Waals surface area contributed by atoms with E-state index in [1.807, 2.05) is 26.0 Å². The standard InChI is InChI=1S/C15H14N2O2/c1-10-5-3-7-12(16-10)14(18)9-15(19)13-8-4-6-11(2)17-13/h3-9,18H,1-2H3. The number of aromatic nitrogens is 2. The highest BCUT2D eigenvalue weighted by Crippen LogP contribution is 2.10. The van der Waals surface area contributed by atoms with Crippen LogP contribution < -0.4 is 0 Å². The normalized spacial score (nSPS) is 11.4. The molecule has 96 valence electrons. The summed E-state index contributed by atoms with van der Waals surface area (Å²) < 4.78 is 0. The number of hydrogen-bond donors (Lipinski definition) is 1. The van der Waals surface area contributed by atoms with E-state index in [1.165, 1.54) is 0 Å². The molecule has 2 aromatic rings. The number of hydrogen-bond acceptors (Lipinski definition) is 4. The molecule has 2 heterocycles. The van der Waals surface area contributed by atoms with Gasteiger partial charge in [-0.25, -0.2) is 9.97 Å². The van der Waals surface area contributed by atoms with E-state index in [-0.39, 0.29) is 11.5 Å². The second kappa shape index (κ2) is 5.44. The van der Waals surface area contributed by atoms with E-state index in [0.29, 0.717) is 11.4 Å². The SMILES string of the molecule is Cc1cccc(C(=O)C=C(O)c2cccc(C)n2)n1. The molecule has 0 aliphatic carbocycles. The van der Waals surface area contributed by atoms with Crippen LogP contribution in [0.4, 0.5) is 0 Å². The zero-order valence-electron chi connectivity index (χ0n) is 10.8. The molecule has 0 amide bonds. The summed E-state index contributed by atoms with van der Waals surface area (Å²) in [6, 6.07) is 10.4. The van der Waals surface area contributed by atoms with Crippen LogP contribution in [0.3, 0.4) is 0 Å². The Morgan fingerprint density at radius 1 is 1.00 bits per heavy atom. The Bertz CT molecular complexity index is 648. The van der Waals surface area contributed by atoms with Gasteiger partial charge >= 0.3 is 0 Å². The molecule has 1 N–H and O–H groups in total. The van der Waals surface area contributed by atoms with Crippen molar-refractivity contribution in [1.82, 2.24) is 9.97 Å². The lowest BCUT2D eigenvalue weighted by molar-refractivity contribution is 0.104. The van der Waals surface area contributed by atoms with Crippen molar-refractivity contribution in [2.45, 2.75) is 13.8 Å². The summed E-state index contributed by atoms with van der Waals surface area (Å²) in [6.07, 6.45) is 1.14. The maximum atomic E-state index is 11.9. The van der Waals surface area contributed by atoms with Crippen molar-refractivity contribution < 1.29 is 9.90 Å². The van der Waals surface area contributed by atoms with Crippen molar-refractivity contribution in [3.63, 3.8) is 0 Å². The van der Waals surface area contributed by atoms with Crippen molar-refractivity contribution in [3.8, 4) is 0 Å². The zero-order valence-corrected chi connectivity index (χ0v) is 10.8. The third kappa shape index (κ3) is 3.25. The van der Waals surface area contributed by atoms with Gasteiger partial charge in [0.15, 0.2) is 0 Å². The van der Waals surface area contributed by atoms with Crippen LogP contribution in [0.5, 0.6) is 0 Å². The van der Waals surface area contributed by atoms with E-state index in [4.69, 9.17) is 0 Å². The number of carbonyl (C=O) groups excluding carboxylic acids is 1. The first-order valence-corrected chi connectivity index (χ1v) is 5.89. The van der Waals surface area contributed by atoms with E-state index < -0.39 is 0 Å². The van der Waals surface area contributed by atoms with Gasteiger partial charge in [-0.05, 0) is 38.1 Å². The lowest BCUT2D eigenvalue weighted by atomic mass is 10.2. The lowest BCUT2D eigenvalue weighted by Crippen LogP contribution is -2.01. The number of aliphatic hydroxyl groups excluding tert-OH is 1. The maximum absolute atomic E-state index is 11.9. The summed E-state index contributed by atoms with van der Waals surface area (Å²) in [4.78, 5) is 20.2. The van der Waals surface area contributed by atoms with Gasteiger partial charge in [0.25, 0.3) is 0 Å². The molecule has 2 aromatic heterocycles. The predicted octanol–water partition coefficient (Wildman–Crippen LogP) is 2.88. The van der Waals surface area contributed by atoms with Crippen molar-refractivity contribution in [2.75, 3.05) is 0 Å². The van der Waals surface area contributed by atoms with Crippen molar-refractivity contribution in [2.24, 2.45) is 0 Å². The third-order valence-corrected chi connectivity index (χ3v) is 2.56. The molecule has 4 nitrogen and oxygen atoms in total. The van der Waals surface area contributed by atoms with Crippen molar-refractivity contribution in [1.29, 1.82) is 0 Å². The minimum Gasteiger partial charge on any atom is -0.506 e. The van der Waals surface area contributed by atoms with Crippen molar-refractivity contribution >= 4 is 11.5 Å². The highest BCUT2D eigenvalue weighted by atomic mass is 16.3. The highest BCUT2D eigenvalue weighted by Gasteiger charge is 2.08. The number of ketones is 1. The number of aliphatic hydroxyl groups is 1. The molecule has 0 saturated heterocycles. The first-order chi connectivity index (χ1) is 9.06. The van der Waals surface area contributed by atoms with Crippen LogP contribution in [0.25, 0.3) is 5.76 Å². The van der Waals surface area contributed by atoms with Gasteiger partial charge in [0, 0.05) is 17.5 Å². The van der Waals surface area contributed by atoms with E-state index in [2.05, 4.69) is 9.97 Å². The van der Waals surface area contributed by atoms with Gasteiger partial charge in [0.2, 0.25) is 5.78 Å². The molecule has 0 fully saturated rings. The van der Waals surface area contributed by atoms with Gasteiger partial charge in [-0.2, -0.15) is 0 Å². The van der Waals surface area contributed by atoms with Gasteiger partial charge in [-0.3, -0.25) is 4.79 Å². The molecule has 2 rings (SSSR count). The van der Waals surface area contributed by atoms with Crippen molar-refractivity contribution in [3.05, 3.63) is 65.2 Å². The van der Waals surface area contributed by atoms with Gasteiger partial charge in [0.05, 0.1) is 0 Å². The Morgan fingerprint density at radius 3 is 2.11 bits per heavy atom. The largest absolute Gasteiger partial charge is 0.506 e. The quantitative estimate of drug-likeness (QED) is 0.519. The zero-order chi connectivity index (χ0) is 13.8. The topological polar surface area (TPSA) is 63.1 Å². The van der Waals surface area contributed by atoms with Crippen LogP contribution >= 0.6 is 0 Å². The maximum Gasteiger partial charge on any atom is 0.207 e. The Hall–Kier alpha value is -2.49. The summed E-state index contributed by atoms with van der Waals surface area (Å²) >= 11 is 0. The minimum atomic E-state index is -0.343. The fraction of sp³-hybridized carbons (Fsp3) is 0.133. The monoisotopic (exact) mass is 254 g/mol. The van der Waals surface area contributed by atoms with Crippen LogP contribution in [-0.2, 0) is 0 Å². The molecule has 0 aliphatic heterocycles. The molecule has 0 spiro atoms. The first kappa shape index (κ1) is 13.0. The van der Waals surface area contributed by atoms with Crippen LogP contribution in [-0.4, -0.2) is 20.9 Å². The summed E-state index contributed by atoms with van der Waals surface area (Å²) in [5.41, 5.74) is 2.21. The van der Waals surface area contributed by atoms with Gasteiger partial charge in [-0.15, -0.1) is 0 Å². The Labute approximate surface area is 111 Å². The number of allylic oxidation sites excluding steroid dienone is 1. The molecule has 0 unspecified atom stereocenters. The Balaban J connectivity index is 2.28. The smallest absolute Gasteiger partial charge is 0.207 e. The summed E-state index contributed by atoms with van der Waals surface area (Å²) in [5, 5.41) is 9.90. The van der Waals surface area contributed by atoms with E-state index in [0.717, 1.165) is 17.5 Å². The second-order valence-corrected chi connectivity index (χ2v) is 4.22. The van der Waals surface area contributed by atoms with Gasteiger partial charge in [0.1, 0.15) is 17.1 Å². The number of pyridine rings is 2. The molecule has 0 radical (unpaired) electrons. The molecule has 19 heavy (non-hydrogen) atoms. The molecule has 0 saturated carbocycles. The molecule has 4 heteroatoms. The Kier molecular flexibility index (Phi) is 3.71. The summed E-state index contributed by atoms with van der Waals surface area (Å²) in [7, 11) is 0. The van der Waals surface area contributed by atoms with E-state index in [9.17, 15) is 9.90 Å². The molecule has 0 aromatic carbocycles. The Morgan fingerprint density at radius 2 is 1.53 bits per heavy atom. The van der Waals surface area contributed by atoms with Crippen LogP contribution in [0.2, 0.25) is 0 Å². The summed E-state index contributed by atoms with van der Waals surface area (Å²) in [6.45, 7) is 3.63. The molecule has 0 aliphatic rings.